The lowest BCUT2D eigenvalue weighted by Gasteiger charge is -2.06. The molecular weight excluding hydrogens is 320 g/mol. The van der Waals surface area contributed by atoms with Gasteiger partial charge in [-0.05, 0) is 36.4 Å². The van der Waals surface area contributed by atoms with Gasteiger partial charge < -0.3 is 15.1 Å². The quantitative estimate of drug-likeness (QED) is 0.809. The van der Waals surface area contributed by atoms with Crippen molar-refractivity contribution in [2.75, 3.05) is 12.8 Å². The molecule has 2 N–H and O–H groups in total. The van der Waals surface area contributed by atoms with Gasteiger partial charge in [0.1, 0.15) is 5.76 Å². The number of rotatable bonds is 6. The van der Waals surface area contributed by atoms with Gasteiger partial charge in [0.15, 0.2) is 9.84 Å². The summed E-state index contributed by atoms with van der Waals surface area (Å²) >= 11 is 0. The minimum atomic E-state index is -3.30. The van der Waals surface area contributed by atoms with E-state index in [-0.39, 0.29) is 29.5 Å². The zero-order valence-electron chi connectivity index (χ0n) is 12.4. The third-order valence-corrected chi connectivity index (χ3v) is 4.12. The van der Waals surface area contributed by atoms with Crippen LogP contribution in [0.4, 0.5) is 0 Å². The molecule has 0 aliphatic rings. The predicted molar refractivity (Wildman–Crippen MR) is 82.4 cm³/mol. The summed E-state index contributed by atoms with van der Waals surface area (Å²) in [5.74, 6) is -0.207. The van der Waals surface area contributed by atoms with Gasteiger partial charge in [-0.1, -0.05) is 0 Å². The van der Waals surface area contributed by atoms with Crippen LogP contribution in [0.15, 0.2) is 52.0 Å². The van der Waals surface area contributed by atoms with E-state index in [0.717, 1.165) is 6.26 Å². The maximum absolute atomic E-state index is 11.9. The second kappa shape index (κ2) is 7.10. The van der Waals surface area contributed by atoms with Crippen molar-refractivity contribution in [1.29, 1.82) is 0 Å². The van der Waals surface area contributed by atoms with Crippen molar-refractivity contribution < 1.29 is 22.4 Å². The highest BCUT2D eigenvalue weighted by molar-refractivity contribution is 7.90. The fraction of sp³-hybridized carbons (Fsp3) is 0.200. The molecule has 0 aliphatic heterocycles. The number of carbonyl (C=O) groups excluding carboxylic acids is 2. The highest BCUT2D eigenvalue weighted by atomic mass is 32.2. The molecule has 122 valence electrons. The summed E-state index contributed by atoms with van der Waals surface area (Å²) in [6.45, 7) is 0.0537. The van der Waals surface area contributed by atoms with Gasteiger partial charge >= 0.3 is 0 Å². The molecule has 2 amide bonds. The molecule has 0 atom stereocenters. The van der Waals surface area contributed by atoms with E-state index in [1.807, 2.05) is 0 Å². The number of hydrogen-bond donors (Lipinski definition) is 2. The number of carbonyl (C=O) groups is 2. The topological polar surface area (TPSA) is 105 Å². The van der Waals surface area contributed by atoms with Crippen LogP contribution in [-0.2, 0) is 21.2 Å². The Bertz CT molecular complexity index is 780. The van der Waals surface area contributed by atoms with Crippen molar-refractivity contribution in [1.82, 2.24) is 10.6 Å². The average molecular weight is 336 g/mol. The SMILES string of the molecule is CS(=O)(=O)c1ccc(C(=O)NCC(=O)NCc2ccco2)cc1. The molecule has 0 saturated carbocycles. The average Bonchev–Trinajstić information content (AvgIpc) is 3.03. The molecule has 0 spiro atoms. The largest absolute Gasteiger partial charge is 0.467 e. The normalized spacial score (nSPS) is 11.0. The number of amides is 2. The van der Waals surface area contributed by atoms with Gasteiger partial charge in [-0.25, -0.2) is 8.42 Å². The van der Waals surface area contributed by atoms with Gasteiger partial charge in [-0.2, -0.15) is 0 Å². The lowest BCUT2D eigenvalue weighted by molar-refractivity contribution is -0.120. The lowest BCUT2D eigenvalue weighted by Crippen LogP contribution is -2.36. The minimum Gasteiger partial charge on any atom is -0.467 e. The maximum Gasteiger partial charge on any atom is 0.251 e. The first-order valence-electron chi connectivity index (χ1n) is 6.73. The molecule has 0 saturated heterocycles. The molecule has 1 aromatic heterocycles. The van der Waals surface area contributed by atoms with Crippen molar-refractivity contribution in [3.8, 4) is 0 Å². The summed E-state index contributed by atoms with van der Waals surface area (Å²) < 4.78 is 27.7. The van der Waals surface area contributed by atoms with Crippen LogP contribution in [0.5, 0.6) is 0 Å². The first-order valence-corrected chi connectivity index (χ1v) is 8.63. The third kappa shape index (κ3) is 4.96. The summed E-state index contributed by atoms with van der Waals surface area (Å²) in [5, 5.41) is 5.05. The van der Waals surface area contributed by atoms with E-state index in [1.165, 1.54) is 30.5 Å². The fourth-order valence-electron chi connectivity index (χ4n) is 1.78. The first-order chi connectivity index (χ1) is 10.9. The molecule has 0 aliphatic carbocycles. The number of furan rings is 1. The van der Waals surface area contributed by atoms with Gasteiger partial charge in [-0.3, -0.25) is 9.59 Å². The van der Waals surface area contributed by atoms with Gasteiger partial charge in [-0.15, -0.1) is 0 Å². The third-order valence-electron chi connectivity index (χ3n) is 2.99. The van der Waals surface area contributed by atoms with E-state index in [9.17, 15) is 18.0 Å². The maximum atomic E-state index is 11.9. The van der Waals surface area contributed by atoms with Crippen LogP contribution in [0.25, 0.3) is 0 Å². The van der Waals surface area contributed by atoms with Gasteiger partial charge in [0.2, 0.25) is 5.91 Å². The Hall–Kier alpha value is -2.61. The van der Waals surface area contributed by atoms with E-state index in [2.05, 4.69) is 10.6 Å². The van der Waals surface area contributed by atoms with Crippen LogP contribution in [0.1, 0.15) is 16.1 Å². The van der Waals surface area contributed by atoms with E-state index >= 15 is 0 Å². The number of benzene rings is 1. The second-order valence-electron chi connectivity index (χ2n) is 4.84. The first kappa shape index (κ1) is 16.8. The monoisotopic (exact) mass is 336 g/mol. The Morgan fingerprint density at radius 1 is 1.09 bits per heavy atom. The minimum absolute atomic E-state index is 0.130. The Balaban J connectivity index is 1.83. The predicted octanol–water partition coefficient (Wildman–Crippen LogP) is 0.729. The molecule has 0 fully saturated rings. The summed E-state index contributed by atoms with van der Waals surface area (Å²) in [5.41, 5.74) is 0.274. The molecule has 7 nitrogen and oxygen atoms in total. The Labute approximate surface area is 133 Å². The van der Waals surface area contributed by atoms with Crippen LogP contribution in [0, 0.1) is 0 Å². The van der Waals surface area contributed by atoms with Crippen LogP contribution >= 0.6 is 0 Å². The zero-order chi connectivity index (χ0) is 16.9. The highest BCUT2D eigenvalue weighted by Gasteiger charge is 2.11. The molecule has 8 heteroatoms. The molecule has 1 aromatic carbocycles. The molecule has 1 heterocycles. The second-order valence-corrected chi connectivity index (χ2v) is 6.85. The van der Waals surface area contributed by atoms with Crippen LogP contribution < -0.4 is 10.6 Å². The van der Waals surface area contributed by atoms with E-state index in [4.69, 9.17) is 4.42 Å². The van der Waals surface area contributed by atoms with Gasteiger partial charge in [0.25, 0.3) is 5.91 Å². The van der Waals surface area contributed by atoms with Crippen LogP contribution in [0.2, 0.25) is 0 Å². The van der Waals surface area contributed by atoms with Gasteiger partial charge in [0, 0.05) is 11.8 Å². The summed E-state index contributed by atoms with van der Waals surface area (Å²) in [4.78, 5) is 23.6. The van der Waals surface area contributed by atoms with Crippen molar-refractivity contribution >= 4 is 21.7 Å². The molecule has 0 unspecified atom stereocenters. The lowest BCUT2D eigenvalue weighted by atomic mass is 10.2. The molecule has 2 aromatic rings. The smallest absolute Gasteiger partial charge is 0.251 e. The Morgan fingerprint density at radius 3 is 2.35 bits per heavy atom. The zero-order valence-corrected chi connectivity index (χ0v) is 13.2. The highest BCUT2D eigenvalue weighted by Crippen LogP contribution is 2.10. The number of hydrogen-bond acceptors (Lipinski definition) is 5. The van der Waals surface area contributed by atoms with Crippen LogP contribution in [-0.4, -0.2) is 33.0 Å². The Morgan fingerprint density at radius 2 is 1.78 bits per heavy atom. The number of sulfone groups is 1. The molecule has 2 rings (SSSR count). The molecule has 0 bridgehead atoms. The number of nitrogens with one attached hydrogen (secondary N) is 2. The molecular formula is C15H16N2O5S. The molecule has 0 radical (unpaired) electrons. The summed E-state index contributed by atoms with van der Waals surface area (Å²) in [6, 6.07) is 8.92. The van der Waals surface area contributed by atoms with Gasteiger partial charge in [0.05, 0.1) is 24.2 Å². The van der Waals surface area contributed by atoms with Crippen molar-refractivity contribution in [3.63, 3.8) is 0 Å². The fourth-order valence-corrected chi connectivity index (χ4v) is 2.41. The van der Waals surface area contributed by atoms with E-state index in [0.29, 0.717) is 5.76 Å². The van der Waals surface area contributed by atoms with Crippen molar-refractivity contribution in [2.24, 2.45) is 0 Å². The van der Waals surface area contributed by atoms with E-state index in [1.54, 1.807) is 12.1 Å². The van der Waals surface area contributed by atoms with Crippen LogP contribution in [0.3, 0.4) is 0 Å². The van der Waals surface area contributed by atoms with E-state index < -0.39 is 15.7 Å². The van der Waals surface area contributed by atoms with Crippen molar-refractivity contribution in [2.45, 2.75) is 11.4 Å². The summed E-state index contributed by atoms with van der Waals surface area (Å²) in [7, 11) is -3.30. The van der Waals surface area contributed by atoms with Crippen molar-refractivity contribution in [3.05, 3.63) is 54.0 Å². The standard InChI is InChI=1S/C15H16N2O5S/c1-23(20,21)13-6-4-11(5-7-13)15(19)17-10-14(18)16-9-12-3-2-8-22-12/h2-8H,9-10H2,1H3,(H,16,18)(H,17,19). The Kier molecular flexibility index (Phi) is 5.17. The molecule has 23 heavy (non-hydrogen) atoms. The summed E-state index contributed by atoms with van der Waals surface area (Å²) in [6.07, 6.45) is 2.59.